The summed E-state index contributed by atoms with van der Waals surface area (Å²) in [6, 6.07) is 23.2. The largest absolute Gasteiger partial charge is 0.326 e. The van der Waals surface area contributed by atoms with E-state index in [9.17, 15) is 13.2 Å². The lowest BCUT2D eigenvalue weighted by Gasteiger charge is -2.07. The number of sulfonamides is 1. The number of anilines is 1. The molecular formula is C20H18N2O3S. The average Bonchev–Trinajstić information content (AvgIpc) is 2.62. The third kappa shape index (κ3) is 4.56. The Morgan fingerprint density at radius 1 is 0.808 bits per heavy atom. The van der Waals surface area contributed by atoms with Crippen LogP contribution in [0.3, 0.4) is 0 Å². The number of nitrogens with two attached hydrogens (primary N) is 1. The summed E-state index contributed by atoms with van der Waals surface area (Å²) >= 11 is 0. The first-order valence-corrected chi connectivity index (χ1v) is 9.53. The van der Waals surface area contributed by atoms with E-state index in [0.29, 0.717) is 0 Å². The van der Waals surface area contributed by atoms with Gasteiger partial charge in [-0.25, -0.2) is 13.6 Å². The number of carbonyl (C=O) groups is 1. The Morgan fingerprint density at radius 2 is 1.35 bits per heavy atom. The van der Waals surface area contributed by atoms with Gasteiger partial charge in [-0.1, -0.05) is 54.6 Å². The number of nitrogens with one attached hydrogen (secondary N) is 1. The lowest BCUT2D eigenvalue weighted by molar-refractivity contribution is -0.115. The first kappa shape index (κ1) is 17.8. The quantitative estimate of drug-likeness (QED) is 0.727. The third-order valence-electron chi connectivity index (χ3n) is 3.89. The zero-order chi connectivity index (χ0) is 18.6. The van der Waals surface area contributed by atoms with Crippen LogP contribution in [0.5, 0.6) is 0 Å². The monoisotopic (exact) mass is 366 g/mol. The van der Waals surface area contributed by atoms with Gasteiger partial charge < -0.3 is 5.32 Å². The van der Waals surface area contributed by atoms with Gasteiger partial charge in [-0.2, -0.15) is 0 Å². The molecule has 6 heteroatoms. The van der Waals surface area contributed by atoms with Crippen LogP contribution in [0.1, 0.15) is 5.56 Å². The van der Waals surface area contributed by atoms with Crippen molar-refractivity contribution in [2.75, 3.05) is 5.32 Å². The molecule has 0 unspecified atom stereocenters. The van der Waals surface area contributed by atoms with Crippen LogP contribution in [-0.2, 0) is 21.2 Å². The molecule has 0 bridgehead atoms. The smallest absolute Gasteiger partial charge is 0.238 e. The van der Waals surface area contributed by atoms with Crippen LogP contribution in [0.2, 0.25) is 0 Å². The molecule has 3 rings (SSSR count). The Morgan fingerprint density at radius 3 is 1.88 bits per heavy atom. The van der Waals surface area contributed by atoms with Gasteiger partial charge in [-0.15, -0.1) is 0 Å². The molecule has 0 atom stereocenters. The van der Waals surface area contributed by atoms with Gasteiger partial charge in [-0.05, 0) is 41.0 Å². The molecule has 0 aromatic heterocycles. The lowest BCUT2D eigenvalue weighted by atomic mass is 10.0. The highest BCUT2D eigenvalue weighted by molar-refractivity contribution is 7.89. The van der Waals surface area contributed by atoms with E-state index in [1.54, 1.807) is 12.1 Å². The Kier molecular flexibility index (Phi) is 5.16. The maximum Gasteiger partial charge on any atom is 0.238 e. The van der Waals surface area contributed by atoms with Crippen LogP contribution >= 0.6 is 0 Å². The predicted octanol–water partition coefficient (Wildman–Crippen LogP) is 3.18. The molecule has 0 saturated carbocycles. The Balaban J connectivity index is 1.67. The van der Waals surface area contributed by atoms with E-state index < -0.39 is 10.0 Å². The Labute approximate surface area is 152 Å². The van der Waals surface area contributed by atoms with Gasteiger partial charge in [0.25, 0.3) is 0 Å². The van der Waals surface area contributed by atoms with E-state index in [0.717, 1.165) is 22.4 Å². The highest BCUT2D eigenvalue weighted by atomic mass is 32.2. The molecule has 0 saturated heterocycles. The van der Waals surface area contributed by atoms with Crippen LogP contribution in [0.4, 0.5) is 5.69 Å². The molecule has 0 radical (unpaired) electrons. The number of para-hydroxylation sites is 1. The van der Waals surface area contributed by atoms with E-state index >= 15 is 0 Å². The van der Waals surface area contributed by atoms with E-state index in [2.05, 4.69) is 5.32 Å². The van der Waals surface area contributed by atoms with Crippen LogP contribution in [0.15, 0.2) is 83.8 Å². The highest BCUT2D eigenvalue weighted by Crippen LogP contribution is 2.21. The predicted molar refractivity (Wildman–Crippen MR) is 102 cm³/mol. The number of amides is 1. The summed E-state index contributed by atoms with van der Waals surface area (Å²) < 4.78 is 22.6. The number of rotatable bonds is 5. The van der Waals surface area contributed by atoms with E-state index in [4.69, 9.17) is 5.14 Å². The van der Waals surface area contributed by atoms with Crippen LogP contribution < -0.4 is 10.5 Å². The summed E-state index contributed by atoms with van der Waals surface area (Å²) in [6.45, 7) is 0. The zero-order valence-electron chi connectivity index (χ0n) is 13.9. The SMILES string of the molecule is NS(=O)(=O)c1ccc(-c2ccc(CC(=O)Nc3ccccc3)cc2)cc1. The third-order valence-corrected chi connectivity index (χ3v) is 4.82. The topological polar surface area (TPSA) is 89.3 Å². The van der Waals surface area contributed by atoms with Crippen molar-refractivity contribution in [2.24, 2.45) is 5.14 Å². The lowest BCUT2D eigenvalue weighted by Crippen LogP contribution is -2.14. The molecule has 0 heterocycles. The molecule has 3 N–H and O–H groups in total. The fourth-order valence-corrected chi connectivity index (χ4v) is 3.08. The second-order valence-electron chi connectivity index (χ2n) is 5.86. The van der Waals surface area contributed by atoms with Gasteiger partial charge in [0.15, 0.2) is 0 Å². The fraction of sp³-hybridized carbons (Fsp3) is 0.0500. The van der Waals surface area contributed by atoms with Crippen molar-refractivity contribution in [3.05, 3.63) is 84.4 Å². The summed E-state index contributed by atoms with van der Waals surface area (Å²) in [6.07, 6.45) is 0.277. The standard InChI is InChI=1S/C20H18N2O3S/c21-26(24,25)19-12-10-17(11-13-19)16-8-6-15(7-9-16)14-20(23)22-18-4-2-1-3-5-18/h1-13H,14H2,(H,22,23)(H2,21,24,25). The van der Waals surface area contributed by atoms with Crippen LogP contribution in [0.25, 0.3) is 11.1 Å². The Hall–Kier alpha value is -2.96. The second-order valence-corrected chi connectivity index (χ2v) is 7.42. The van der Waals surface area contributed by atoms with Crippen LogP contribution in [-0.4, -0.2) is 14.3 Å². The average molecular weight is 366 g/mol. The van der Waals surface area contributed by atoms with E-state index in [-0.39, 0.29) is 17.2 Å². The van der Waals surface area contributed by atoms with Crippen molar-refractivity contribution in [1.82, 2.24) is 0 Å². The van der Waals surface area contributed by atoms with Gasteiger partial charge >= 0.3 is 0 Å². The molecule has 132 valence electrons. The number of primary sulfonamides is 1. The minimum Gasteiger partial charge on any atom is -0.326 e. The molecule has 5 nitrogen and oxygen atoms in total. The molecule has 3 aromatic rings. The summed E-state index contributed by atoms with van der Waals surface area (Å²) in [5.74, 6) is -0.0820. The van der Waals surface area contributed by atoms with Crippen molar-refractivity contribution in [2.45, 2.75) is 11.3 Å². The first-order chi connectivity index (χ1) is 12.4. The highest BCUT2D eigenvalue weighted by Gasteiger charge is 2.08. The van der Waals surface area contributed by atoms with Crippen molar-refractivity contribution >= 4 is 21.6 Å². The molecule has 0 fully saturated rings. The van der Waals surface area contributed by atoms with Gasteiger partial charge in [0.1, 0.15) is 0 Å². The molecule has 0 aliphatic rings. The summed E-state index contributed by atoms with van der Waals surface area (Å²) in [5, 5.41) is 7.95. The van der Waals surface area contributed by atoms with Gasteiger partial charge in [-0.3, -0.25) is 4.79 Å². The summed E-state index contributed by atoms with van der Waals surface area (Å²) in [5.41, 5.74) is 3.46. The number of benzene rings is 3. The van der Waals surface area contributed by atoms with E-state index in [1.807, 2.05) is 54.6 Å². The van der Waals surface area contributed by atoms with Gasteiger partial charge in [0.2, 0.25) is 15.9 Å². The Bertz CT molecular complexity index is 997. The zero-order valence-corrected chi connectivity index (χ0v) is 14.7. The van der Waals surface area contributed by atoms with Crippen molar-refractivity contribution in [1.29, 1.82) is 0 Å². The molecule has 0 aliphatic heterocycles. The maximum atomic E-state index is 12.1. The molecule has 1 amide bonds. The van der Waals surface area contributed by atoms with Gasteiger partial charge in [0, 0.05) is 5.69 Å². The molecular weight excluding hydrogens is 348 g/mol. The van der Waals surface area contributed by atoms with Crippen molar-refractivity contribution < 1.29 is 13.2 Å². The van der Waals surface area contributed by atoms with E-state index in [1.165, 1.54) is 12.1 Å². The van der Waals surface area contributed by atoms with Crippen molar-refractivity contribution in [3.8, 4) is 11.1 Å². The normalized spacial score (nSPS) is 11.1. The molecule has 0 aliphatic carbocycles. The van der Waals surface area contributed by atoms with Crippen molar-refractivity contribution in [3.63, 3.8) is 0 Å². The molecule has 3 aromatic carbocycles. The van der Waals surface area contributed by atoms with Crippen LogP contribution in [0, 0.1) is 0 Å². The number of carbonyl (C=O) groups excluding carboxylic acids is 1. The minimum atomic E-state index is -3.69. The number of hydrogen-bond donors (Lipinski definition) is 2. The van der Waals surface area contributed by atoms with Gasteiger partial charge in [0.05, 0.1) is 11.3 Å². The second kappa shape index (κ2) is 7.51. The first-order valence-electron chi connectivity index (χ1n) is 7.99. The molecule has 0 spiro atoms. The maximum absolute atomic E-state index is 12.1. The fourth-order valence-electron chi connectivity index (χ4n) is 2.56. The minimum absolute atomic E-state index is 0.0791. The summed E-state index contributed by atoms with van der Waals surface area (Å²) in [4.78, 5) is 12.2. The number of hydrogen-bond acceptors (Lipinski definition) is 3. The summed E-state index contributed by atoms with van der Waals surface area (Å²) in [7, 11) is -3.69. The molecule has 26 heavy (non-hydrogen) atoms.